The molecule has 1 atom stereocenters. The third-order valence-corrected chi connectivity index (χ3v) is 4.37. The summed E-state index contributed by atoms with van der Waals surface area (Å²) in [5, 5.41) is 14.1. The van der Waals surface area contributed by atoms with Crippen molar-refractivity contribution in [3.05, 3.63) is 16.1 Å². The van der Waals surface area contributed by atoms with Crippen molar-refractivity contribution in [2.75, 3.05) is 19.6 Å². The van der Waals surface area contributed by atoms with Crippen molar-refractivity contribution in [1.82, 2.24) is 15.2 Å². The minimum absolute atomic E-state index is 0.167. The van der Waals surface area contributed by atoms with Crippen molar-refractivity contribution in [1.29, 1.82) is 0 Å². The quantitative estimate of drug-likeness (QED) is 0.833. The molecule has 1 unspecified atom stereocenters. The van der Waals surface area contributed by atoms with Crippen LogP contribution >= 0.6 is 11.3 Å². The van der Waals surface area contributed by atoms with Gasteiger partial charge in [0.1, 0.15) is 0 Å². The molecule has 1 fully saturated rings. The van der Waals surface area contributed by atoms with Gasteiger partial charge < -0.3 is 10.4 Å². The van der Waals surface area contributed by atoms with E-state index in [0.717, 1.165) is 12.2 Å². The summed E-state index contributed by atoms with van der Waals surface area (Å²) in [6.45, 7) is 6.19. The lowest BCUT2D eigenvalue weighted by atomic mass is 10.1. The van der Waals surface area contributed by atoms with Crippen molar-refractivity contribution in [3.8, 4) is 0 Å². The highest BCUT2D eigenvalue weighted by atomic mass is 32.1. The summed E-state index contributed by atoms with van der Waals surface area (Å²) in [5.41, 5.74) is 0.813. The Balaban J connectivity index is 1.71. The molecule has 1 saturated heterocycles. The second kappa shape index (κ2) is 6.98. The molecule has 2 heterocycles. The van der Waals surface area contributed by atoms with Crippen molar-refractivity contribution in [2.24, 2.45) is 0 Å². The Labute approximate surface area is 117 Å². The molecule has 0 bridgehead atoms. The predicted molar refractivity (Wildman–Crippen MR) is 75.7 cm³/mol. The molecule has 1 aliphatic rings. The van der Waals surface area contributed by atoms with Gasteiger partial charge in [-0.1, -0.05) is 6.42 Å². The highest BCUT2D eigenvalue weighted by molar-refractivity contribution is 7.11. The molecular weight excluding hydrogens is 262 g/mol. The van der Waals surface area contributed by atoms with Crippen LogP contribution in [0.3, 0.4) is 0 Å². The van der Waals surface area contributed by atoms with Crippen LogP contribution in [0.4, 0.5) is 0 Å². The number of nitrogens with one attached hydrogen (secondary N) is 1. The van der Waals surface area contributed by atoms with Crippen LogP contribution in [0.1, 0.15) is 41.7 Å². The largest absolute Gasteiger partial charge is 0.476 e. The van der Waals surface area contributed by atoms with Gasteiger partial charge in [-0.15, -0.1) is 11.3 Å². The van der Waals surface area contributed by atoms with Gasteiger partial charge in [0.15, 0.2) is 0 Å². The van der Waals surface area contributed by atoms with Crippen molar-refractivity contribution >= 4 is 17.3 Å². The van der Waals surface area contributed by atoms with E-state index >= 15 is 0 Å². The summed E-state index contributed by atoms with van der Waals surface area (Å²) < 4.78 is 0. The molecule has 1 aromatic rings. The summed E-state index contributed by atoms with van der Waals surface area (Å²) in [7, 11) is 0. The molecule has 2 N–H and O–H groups in total. The van der Waals surface area contributed by atoms with Crippen LogP contribution in [0, 0.1) is 0 Å². The molecular formula is C13H21N3O2S. The molecule has 0 saturated carbocycles. The number of carboxylic acid groups (broad SMARTS) is 1. The third kappa shape index (κ3) is 4.26. The smallest absolute Gasteiger partial charge is 0.365 e. The van der Waals surface area contributed by atoms with Crippen LogP contribution in [0.25, 0.3) is 0 Å². The molecule has 5 nitrogen and oxygen atoms in total. The Morgan fingerprint density at radius 2 is 2.26 bits per heavy atom. The molecule has 0 amide bonds. The number of carbonyl (C=O) groups is 1. The van der Waals surface area contributed by atoms with Crippen LogP contribution < -0.4 is 5.32 Å². The summed E-state index contributed by atoms with van der Waals surface area (Å²) in [5.74, 6) is -0.946. The predicted octanol–water partition coefficient (Wildman–Crippen LogP) is 1.81. The monoisotopic (exact) mass is 283 g/mol. The van der Waals surface area contributed by atoms with Gasteiger partial charge in [-0.05, 0) is 32.9 Å². The molecule has 19 heavy (non-hydrogen) atoms. The van der Waals surface area contributed by atoms with Crippen LogP contribution in [-0.2, 0) is 6.54 Å². The highest BCUT2D eigenvalue weighted by Gasteiger charge is 2.16. The first-order valence-corrected chi connectivity index (χ1v) is 7.67. The zero-order valence-electron chi connectivity index (χ0n) is 11.3. The van der Waals surface area contributed by atoms with E-state index in [4.69, 9.17) is 5.11 Å². The Kier molecular flexibility index (Phi) is 5.30. The average molecular weight is 283 g/mol. The molecule has 1 aromatic heterocycles. The van der Waals surface area contributed by atoms with E-state index in [1.54, 1.807) is 0 Å². The van der Waals surface area contributed by atoms with Crippen molar-refractivity contribution in [2.45, 2.75) is 38.8 Å². The summed E-state index contributed by atoms with van der Waals surface area (Å²) >= 11 is 1.18. The standard InChI is InChI=1S/C13H21N3O2S/c1-10(16-5-3-2-4-6-16)7-14-8-11-9-19-12(15-11)13(17)18/h9-10,14H,2-8H2,1H3,(H,17,18). The molecule has 0 aromatic carbocycles. The van der Waals surface area contributed by atoms with E-state index < -0.39 is 5.97 Å². The van der Waals surface area contributed by atoms with Gasteiger partial charge in [0.25, 0.3) is 0 Å². The number of thiazole rings is 1. The van der Waals surface area contributed by atoms with E-state index in [0.29, 0.717) is 12.6 Å². The number of hydrogen-bond donors (Lipinski definition) is 2. The number of aromatic nitrogens is 1. The maximum absolute atomic E-state index is 10.7. The minimum Gasteiger partial charge on any atom is -0.476 e. The Hall–Kier alpha value is -0.980. The minimum atomic E-state index is -0.946. The third-order valence-electron chi connectivity index (χ3n) is 3.49. The van der Waals surface area contributed by atoms with E-state index in [1.165, 1.54) is 43.7 Å². The molecule has 106 valence electrons. The van der Waals surface area contributed by atoms with E-state index in [9.17, 15) is 4.79 Å². The molecule has 0 spiro atoms. The maximum atomic E-state index is 10.7. The summed E-state index contributed by atoms with van der Waals surface area (Å²) in [6.07, 6.45) is 3.96. The van der Waals surface area contributed by atoms with Gasteiger partial charge in [-0.3, -0.25) is 4.90 Å². The SMILES string of the molecule is CC(CNCc1csc(C(=O)O)n1)N1CCCCC1. The fourth-order valence-corrected chi connectivity index (χ4v) is 3.04. The van der Waals surface area contributed by atoms with Gasteiger partial charge >= 0.3 is 5.97 Å². The topological polar surface area (TPSA) is 65.5 Å². The summed E-state index contributed by atoms with van der Waals surface area (Å²) in [4.78, 5) is 17.3. The number of aromatic carboxylic acids is 1. The normalized spacial score (nSPS) is 18.4. The molecule has 6 heteroatoms. The van der Waals surface area contributed by atoms with E-state index in [1.807, 2.05) is 5.38 Å². The zero-order valence-corrected chi connectivity index (χ0v) is 12.1. The lowest BCUT2D eigenvalue weighted by Gasteiger charge is -2.32. The van der Waals surface area contributed by atoms with Crippen LogP contribution in [0.5, 0.6) is 0 Å². The molecule has 0 radical (unpaired) electrons. The van der Waals surface area contributed by atoms with E-state index in [-0.39, 0.29) is 5.01 Å². The van der Waals surface area contributed by atoms with Crippen molar-refractivity contribution in [3.63, 3.8) is 0 Å². The number of nitrogens with zero attached hydrogens (tertiary/aromatic N) is 2. The van der Waals surface area contributed by atoms with Gasteiger partial charge in [0.05, 0.1) is 5.69 Å². The lowest BCUT2D eigenvalue weighted by molar-refractivity contribution is 0.0696. The average Bonchev–Trinajstić information content (AvgIpc) is 2.89. The van der Waals surface area contributed by atoms with Gasteiger partial charge in [-0.2, -0.15) is 0 Å². The fraction of sp³-hybridized carbons (Fsp3) is 0.692. The summed E-state index contributed by atoms with van der Waals surface area (Å²) in [6, 6.07) is 0.526. The second-order valence-corrected chi connectivity index (χ2v) is 5.88. The molecule has 1 aliphatic heterocycles. The fourth-order valence-electron chi connectivity index (χ4n) is 2.38. The van der Waals surface area contributed by atoms with Crippen LogP contribution in [0.2, 0.25) is 0 Å². The van der Waals surface area contributed by atoms with Crippen molar-refractivity contribution < 1.29 is 9.90 Å². The van der Waals surface area contributed by atoms with Gasteiger partial charge in [0.2, 0.25) is 5.01 Å². The Bertz CT molecular complexity index is 416. The number of rotatable bonds is 6. The van der Waals surface area contributed by atoms with Crippen LogP contribution in [0.15, 0.2) is 5.38 Å². The maximum Gasteiger partial charge on any atom is 0.365 e. The first kappa shape index (κ1) is 14.4. The van der Waals surface area contributed by atoms with Gasteiger partial charge in [-0.25, -0.2) is 9.78 Å². The first-order valence-electron chi connectivity index (χ1n) is 6.79. The number of likely N-dealkylation sites (tertiary alicyclic amines) is 1. The Morgan fingerprint density at radius 1 is 1.53 bits per heavy atom. The van der Waals surface area contributed by atoms with Gasteiger partial charge in [0, 0.05) is 24.5 Å². The molecule has 0 aliphatic carbocycles. The van der Waals surface area contributed by atoms with Crippen LogP contribution in [-0.4, -0.2) is 46.6 Å². The number of hydrogen-bond acceptors (Lipinski definition) is 5. The van der Waals surface area contributed by atoms with E-state index in [2.05, 4.69) is 22.1 Å². The molecule has 2 rings (SSSR count). The highest BCUT2D eigenvalue weighted by Crippen LogP contribution is 2.12. The first-order chi connectivity index (χ1) is 9.16. The number of carboxylic acids is 1. The second-order valence-electron chi connectivity index (χ2n) is 5.03. The zero-order chi connectivity index (χ0) is 13.7. The number of piperidine rings is 1. The lowest BCUT2D eigenvalue weighted by Crippen LogP contribution is -2.42. The Morgan fingerprint density at radius 3 is 2.89 bits per heavy atom.